The number of methoxy groups -OCH3 is 1. The average Bonchev–Trinajstić information content (AvgIpc) is 1.18. The minimum absolute atomic E-state index is 0.000127. The van der Waals surface area contributed by atoms with Gasteiger partial charge in [0.25, 0.3) is 34.8 Å². The summed E-state index contributed by atoms with van der Waals surface area (Å²) in [7, 11) is 1.55. The number of non-ortho nitro benzene ring substituents is 2. The standard InChI is InChI=1S/2C20H23N5O5.C19H21N5O6/c1-13-4-3-5-14(2)18(13)21-20(27)24-10-8-23(9-11-24)17-7-6-15(25(29)30)12-16(17)19(26)22-28;1-13-4-3-5-14(2)18(13)21-20(27)24-10-8-23(9-11-24)16-7-6-15(19(26)22-28)12-17(16)25(29)30;1-30-15-4-2-3-13(11-15)20-19(26)23-9-7-22(8-10-23)17-6-5-14(24(28)29)12-16(17)18(25)21-27/h2*3-7,12,28H,8-11H2,1-2H3,(H,21,27)(H,22,26);2-6,11-12,27H,7-10H2,1H3,(H,20,26)(H,21,25). The van der Waals surface area contributed by atoms with Crippen LogP contribution in [0.25, 0.3) is 0 Å². The number of nitrogens with zero attached hydrogens (tertiary/aromatic N) is 9. The Morgan fingerprint density at radius 1 is 0.433 bits per heavy atom. The van der Waals surface area contributed by atoms with E-state index in [1.807, 2.05) is 78.8 Å². The first kappa shape index (κ1) is 66.3. The molecule has 9 rings (SSSR count). The van der Waals surface area contributed by atoms with Crippen molar-refractivity contribution in [2.24, 2.45) is 0 Å². The van der Waals surface area contributed by atoms with Crippen LogP contribution in [0.5, 0.6) is 5.75 Å². The predicted molar refractivity (Wildman–Crippen MR) is 330 cm³/mol. The highest BCUT2D eigenvalue weighted by Crippen LogP contribution is 2.32. The highest BCUT2D eigenvalue weighted by atomic mass is 16.6. The third-order valence-electron chi connectivity index (χ3n) is 15.1. The molecule has 0 radical (unpaired) electrons. The van der Waals surface area contributed by atoms with Gasteiger partial charge < -0.3 is 50.1 Å². The quantitative estimate of drug-likeness (QED) is 0.0308. The summed E-state index contributed by atoms with van der Waals surface area (Å²) in [5.74, 6) is -1.86. The van der Waals surface area contributed by atoms with Crippen LogP contribution in [0.2, 0.25) is 0 Å². The van der Waals surface area contributed by atoms with Gasteiger partial charge in [0.05, 0.1) is 44.4 Å². The summed E-state index contributed by atoms with van der Waals surface area (Å²) in [6.07, 6.45) is 0. The Morgan fingerprint density at radius 2 is 0.800 bits per heavy atom. The number of hydrogen-bond donors (Lipinski definition) is 9. The zero-order chi connectivity index (χ0) is 65.3. The van der Waals surface area contributed by atoms with E-state index in [1.165, 1.54) is 52.8 Å². The molecule has 474 valence electrons. The monoisotopic (exact) mass is 1240 g/mol. The maximum absolute atomic E-state index is 12.7. The van der Waals surface area contributed by atoms with Crippen LogP contribution in [0.1, 0.15) is 53.3 Å². The lowest BCUT2D eigenvalue weighted by Gasteiger charge is -2.36. The lowest BCUT2D eigenvalue weighted by molar-refractivity contribution is -0.385. The summed E-state index contributed by atoms with van der Waals surface area (Å²) in [5, 5.41) is 68.9. The van der Waals surface area contributed by atoms with Crippen molar-refractivity contribution in [2.75, 3.05) is 116 Å². The number of urea groups is 3. The number of rotatable bonds is 13. The van der Waals surface area contributed by atoms with E-state index in [4.69, 9.17) is 20.4 Å². The first-order valence-electron chi connectivity index (χ1n) is 27.9. The van der Waals surface area contributed by atoms with Crippen molar-refractivity contribution in [3.05, 3.63) is 185 Å². The van der Waals surface area contributed by atoms with Crippen LogP contribution in [0.15, 0.2) is 115 Å². The molecule has 3 saturated heterocycles. The third kappa shape index (κ3) is 16.5. The van der Waals surface area contributed by atoms with Crippen LogP contribution in [0.3, 0.4) is 0 Å². The molecule has 6 aromatic rings. The van der Waals surface area contributed by atoms with Gasteiger partial charge in [-0.2, -0.15) is 0 Å². The van der Waals surface area contributed by atoms with Gasteiger partial charge in [0.2, 0.25) is 0 Å². The van der Waals surface area contributed by atoms with Crippen molar-refractivity contribution in [1.82, 2.24) is 31.1 Å². The first-order chi connectivity index (χ1) is 43.0. The van der Waals surface area contributed by atoms with Gasteiger partial charge in [0.15, 0.2) is 0 Å². The van der Waals surface area contributed by atoms with Crippen molar-refractivity contribution in [2.45, 2.75) is 27.7 Å². The zero-order valence-corrected chi connectivity index (χ0v) is 49.6. The van der Waals surface area contributed by atoms with E-state index in [1.54, 1.807) is 46.1 Å². The second kappa shape index (κ2) is 30.4. The number of anilines is 6. The second-order valence-corrected chi connectivity index (χ2v) is 20.7. The Hall–Kier alpha value is -11.2. The molecule has 90 heavy (non-hydrogen) atoms. The number of nitro groups is 3. The van der Waals surface area contributed by atoms with Gasteiger partial charge in [0.1, 0.15) is 11.4 Å². The minimum Gasteiger partial charge on any atom is -0.497 e. The smallest absolute Gasteiger partial charge is 0.321 e. The van der Waals surface area contributed by atoms with Gasteiger partial charge in [-0.1, -0.05) is 42.5 Å². The lowest BCUT2D eigenvalue weighted by atomic mass is 10.1. The molecule has 6 aromatic carbocycles. The molecular weight excluding hydrogens is 1170 g/mol. The summed E-state index contributed by atoms with van der Waals surface area (Å²) in [6, 6.07) is 29.7. The number of carbonyl (C=O) groups is 6. The summed E-state index contributed by atoms with van der Waals surface area (Å²) < 4.78 is 5.14. The molecule has 0 atom stereocenters. The molecule has 3 aliphatic heterocycles. The van der Waals surface area contributed by atoms with Crippen molar-refractivity contribution in [3.63, 3.8) is 0 Å². The number of benzene rings is 6. The number of piperazine rings is 3. The maximum Gasteiger partial charge on any atom is 0.321 e. The Balaban J connectivity index is 0.000000192. The molecule has 31 nitrogen and oxygen atoms in total. The Labute approximate surface area is 514 Å². The number of aryl methyl sites for hydroxylation is 4. The van der Waals surface area contributed by atoms with Crippen LogP contribution < -0.4 is 51.8 Å². The number of hydrogen-bond acceptors (Lipinski definition) is 19. The second-order valence-electron chi connectivity index (χ2n) is 20.7. The van der Waals surface area contributed by atoms with E-state index in [-0.39, 0.29) is 51.8 Å². The molecule has 3 heterocycles. The van der Waals surface area contributed by atoms with Gasteiger partial charge in [-0.25, -0.2) is 30.8 Å². The van der Waals surface area contributed by atoms with E-state index >= 15 is 0 Å². The number of amides is 9. The number of nitro benzene ring substituents is 3. The largest absolute Gasteiger partial charge is 0.497 e. The SMILES string of the molecule is COc1cccc(NC(=O)N2CCN(c3ccc([N+](=O)[O-])cc3C(=O)NO)CC2)c1.Cc1cccc(C)c1NC(=O)N1CCN(c2ccc(C(=O)NO)cc2[N+](=O)[O-])CC1.Cc1cccc(C)c1NC(=O)N1CCN(c2ccc([N+](=O)[O-])cc2C(=O)NO)CC1. The summed E-state index contributed by atoms with van der Waals surface area (Å²) >= 11 is 0. The van der Waals surface area contributed by atoms with E-state index in [0.29, 0.717) is 107 Å². The molecule has 3 fully saturated rings. The predicted octanol–water partition coefficient (Wildman–Crippen LogP) is 7.45. The summed E-state index contributed by atoms with van der Waals surface area (Å²) in [6.45, 7) is 12.6. The van der Waals surface area contributed by atoms with Crippen LogP contribution in [0, 0.1) is 58.0 Å². The van der Waals surface area contributed by atoms with Gasteiger partial charge in [0, 0.05) is 138 Å². The van der Waals surface area contributed by atoms with Gasteiger partial charge in [-0.15, -0.1) is 0 Å². The van der Waals surface area contributed by atoms with Crippen molar-refractivity contribution < 1.29 is 63.9 Å². The zero-order valence-electron chi connectivity index (χ0n) is 49.6. The van der Waals surface area contributed by atoms with Gasteiger partial charge >= 0.3 is 18.1 Å². The molecular formula is C59H67N15O16. The summed E-state index contributed by atoms with van der Waals surface area (Å²) in [4.78, 5) is 116. The topological polar surface area (TPSA) is 393 Å². The van der Waals surface area contributed by atoms with E-state index < -0.39 is 32.5 Å². The lowest BCUT2D eigenvalue weighted by Crippen LogP contribution is -2.50. The fourth-order valence-corrected chi connectivity index (χ4v) is 10.2. The highest BCUT2D eigenvalue weighted by molar-refractivity contribution is 6.01. The number of hydroxylamine groups is 3. The maximum atomic E-state index is 12.7. The van der Waals surface area contributed by atoms with E-state index in [9.17, 15) is 59.1 Å². The van der Waals surface area contributed by atoms with Crippen molar-refractivity contribution in [1.29, 1.82) is 0 Å². The molecule has 0 spiro atoms. The fourth-order valence-electron chi connectivity index (χ4n) is 10.2. The normalized spacial score (nSPS) is 13.6. The van der Waals surface area contributed by atoms with Crippen LogP contribution in [0.4, 0.5) is 65.6 Å². The number of nitrogens with one attached hydrogen (secondary N) is 6. The number of ether oxygens (including phenoxy) is 1. The number of para-hydroxylation sites is 2. The molecule has 0 aromatic heterocycles. The van der Waals surface area contributed by atoms with E-state index in [2.05, 4.69) is 16.0 Å². The molecule has 3 aliphatic rings. The first-order valence-corrected chi connectivity index (χ1v) is 27.9. The third-order valence-corrected chi connectivity index (χ3v) is 15.1. The van der Waals surface area contributed by atoms with Crippen LogP contribution >= 0.6 is 0 Å². The summed E-state index contributed by atoms with van der Waals surface area (Å²) in [5.41, 5.74) is 11.1. The van der Waals surface area contributed by atoms with Gasteiger partial charge in [-0.3, -0.25) is 60.3 Å². The Bertz CT molecular complexity index is 3640. The van der Waals surface area contributed by atoms with Crippen LogP contribution in [-0.4, -0.2) is 167 Å². The molecule has 0 saturated carbocycles. The van der Waals surface area contributed by atoms with Crippen LogP contribution in [-0.2, 0) is 0 Å². The Morgan fingerprint density at radius 3 is 1.17 bits per heavy atom. The van der Waals surface area contributed by atoms with E-state index in [0.717, 1.165) is 51.8 Å². The highest BCUT2D eigenvalue weighted by Gasteiger charge is 2.30. The molecule has 0 bridgehead atoms. The van der Waals surface area contributed by atoms with Crippen molar-refractivity contribution in [3.8, 4) is 5.75 Å². The average molecular weight is 1240 g/mol. The molecule has 0 aliphatic carbocycles. The number of carbonyl (C=O) groups excluding carboxylic acids is 6. The minimum atomic E-state index is -0.841. The molecule has 9 amide bonds. The van der Waals surface area contributed by atoms with Gasteiger partial charge in [-0.05, 0) is 86.3 Å². The molecule has 0 unspecified atom stereocenters. The molecule has 9 N–H and O–H groups in total. The van der Waals surface area contributed by atoms with Crippen molar-refractivity contribution >= 4 is 87.0 Å². The Kier molecular flexibility index (Phi) is 22.4. The molecule has 31 heteroatoms. The fraction of sp³-hybridized carbons (Fsp3) is 0.288.